The zero-order valence-corrected chi connectivity index (χ0v) is 16.9. The first kappa shape index (κ1) is 24.9. The number of aromatic carboxylic acids is 2. The molecule has 0 atom stereocenters. The van der Waals surface area contributed by atoms with E-state index in [9.17, 15) is 19.8 Å². The van der Waals surface area contributed by atoms with Crippen LogP contribution in [0.5, 0.6) is 0 Å². The second-order valence-corrected chi connectivity index (χ2v) is 6.41. The van der Waals surface area contributed by atoms with Gasteiger partial charge < -0.3 is 10.2 Å². The number of carboxylic acids is 2. The molecule has 2 N–H and O–H groups in total. The molecule has 0 unspecified atom stereocenters. The molecular weight excluding hydrogens is 432 g/mol. The average molecular weight is 448 g/mol. The summed E-state index contributed by atoms with van der Waals surface area (Å²) in [5.74, 6) is -1.97. The SMILES string of the molecule is O=C(O)c1ccccc1-c1cccc2c(-c3ccccc3C(=O)O)cccc12.[Ar].[Ar]. The van der Waals surface area contributed by atoms with Gasteiger partial charge in [0.15, 0.2) is 0 Å². The third-order valence-electron chi connectivity index (χ3n) is 4.82. The van der Waals surface area contributed by atoms with E-state index in [-0.39, 0.29) is 86.6 Å². The molecule has 0 fully saturated rings. The van der Waals surface area contributed by atoms with Gasteiger partial charge in [-0.1, -0.05) is 72.8 Å². The molecule has 0 heterocycles. The predicted octanol–water partition coefficient (Wildman–Crippen LogP) is 5.57. The normalized spacial score (nSPS) is 10.0. The van der Waals surface area contributed by atoms with Crippen molar-refractivity contribution in [2.75, 3.05) is 0 Å². The van der Waals surface area contributed by atoms with Gasteiger partial charge in [0.2, 0.25) is 0 Å². The van der Waals surface area contributed by atoms with Crippen LogP contribution in [0, 0.1) is 75.5 Å². The minimum Gasteiger partial charge on any atom is -0.478 e. The van der Waals surface area contributed by atoms with E-state index in [1.165, 1.54) is 0 Å². The molecule has 0 saturated heterocycles. The summed E-state index contributed by atoms with van der Waals surface area (Å²) < 4.78 is 0. The maximum atomic E-state index is 11.7. The van der Waals surface area contributed by atoms with Crippen molar-refractivity contribution in [3.05, 3.63) is 96.1 Å². The fraction of sp³-hybridized carbons (Fsp3) is 0. The van der Waals surface area contributed by atoms with Crippen LogP contribution in [-0.2, 0) is 0 Å². The quantitative estimate of drug-likeness (QED) is 0.428. The molecule has 152 valence electrons. The third kappa shape index (κ3) is 4.75. The Balaban J connectivity index is 0.00000160. The van der Waals surface area contributed by atoms with E-state index in [0.717, 1.165) is 21.9 Å². The molecule has 30 heavy (non-hydrogen) atoms. The summed E-state index contributed by atoms with van der Waals surface area (Å²) in [5.41, 5.74) is 3.31. The van der Waals surface area contributed by atoms with Crippen LogP contribution in [0.4, 0.5) is 0 Å². The van der Waals surface area contributed by atoms with Gasteiger partial charge in [-0.25, -0.2) is 9.59 Å². The van der Waals surface area contributed by atoms with Gasteiger partial charge >= 0.3 is 11.9 Å². The number of hydrogen-bond acceptors (Lipinski definition) is 2. The van der Waals surface area contributed by atoms with E-state index in [0.29, 0.717) is 11.1 Å². The van der Waals surface area contributed by atoms with Crippen molar-refractivity contribution in [3.63, 3.8) is 0 Å². The Hall–Kier alpha value is -1.40. The van der Waals surface area contributed by atoms with E-state index in [1.807, 2.05) is 48.5 Å². The molecule has 0 saturated carbocycles. The van der Waals surface area contributed by atoms with Gasteiger partial charge in [-0.3, -0.25) is 0 Å². The Morgan fingerprint density at radius 3 is 1.17 bits per heavy atom. The number of carbonyl (C=O) groups is 2. The first-order valence-electron chi connectivity index (χ1n) is 8.75. The van der Waals surface area contributed by atoms with Crippen LogP contribution in [0.3, 0.4) is 0 Å². The molecule has 0 aliphatic heterocycles. The first-order chi connectivity index (χ1) is 13.6. The topological polar surface area (TPSA) is 74.6 Å². The van der Waals surface area contributed by atoms with Crippen molar-refractivity contribution in [3.8, 4) is 22.3 Å². The summed E-state index contributed by atoms with van der Waals surface area (Å²) in [7, 11) is 0. The smallest absolute Gasteiger partial charge is 0.336 e. The van der Waals surface area contributed by atoms with Crippen molar-refractivity contribution in [1.29, 1.82) is 0 Å². The molecule has 0 aliphatic rings. The minimum atomic E-state index is -0.986. The number of rotatable bonds is 4. The van der Waals surface area contributed by atoms with E-state index < -0.39 is 11.9 Å². The fourth-order valence-electron chi connectivity index (χ4n) is 3.59. The van der Waals surface area contributed by atoms with Gasteiger partial charge in [0.25, 0.3) is 0 Å². The van der Waals surface area contributed by atoms with Gasteiger partial charge in [0, 0.05) is 75.5 Å². The fourth-order valence-corrected chi connectivity index (χ4v) is 3.59. The van der Waals surface area contributed by atoms with E-state index in [1.54, 1.807) is 36.4 Å². The van der Waals surface area contributed by atoms with Gasteiger partial charge in [-0.2, -0.15) is 0 Å². The van der Waals surface area contributed by atoms with Crippen LogP contribution < -0.4 is 0 Å². The van der Waals surface area contributed by atoms with Crippen molar-refractivity contribution in [2.24, 2.45) is 0 Å². The van der Waals surface area contributed by atoms with Gasteiger partial charge in [0.05, 0.1) is 11.1 Å². The maximum absolute atomic E-state index is 11.7. The second-order valence-electron chi connectivity index (χ2n) is 6.41. The summed E-state index contributed by atoms with van der Waals surface area (Å²) >= 11 is 0. The molecule has 4 aromatic rings. The Morgan fingerprint density at radius 1 is 0.467 bits per heavy atom. The summed E-state index contributed by atoms with van der Waals surface area (Å²) in [5, 5.41) is 20.9. The zero-order chi connectivity index (χ0) is 19.7. The monoisotopic (exact) mass is 448 g/mol. The Bertz CT molecular complexity index is 1140. The van der Waals surface area contributed by atoms with E-state index in [4.69, 9.17) is 0 Å². The number of carboxylic acid groups (broad SMARTS) is 2. The Kier molecular flexibility index (Phi) is 8.92. The van der Waals surface area contributed by atoms with Crippen LogP contribution in [0.1, 0.15) is 20.7 Å². The van der Waals surface area contributed by atoms with Crippen LogP contribution >= 0.6 is 0 Å². The molecule has 4 aromatic carbocycles. The number of fused-ring (bicyclic) bond motifs is 1. The predicted molar refractivity (Wildman–Crippen MR) is 109 cm³/mol. The molecule has 0 aromatic heterocycles. The van der Waals surface area contributed by atoms with Crippen LogP contribution in [0.2, 0.25) is 0 Å². The Labute approximate surface area is 233 Å². The van der Waals surface area contributed by atoms with Gasteiger partial charge in [-0.15, -0.1) is 0 Å². The second kappa shape index (κ2) is 10.8. The molecule has 4 nitrogen and oxygen atoms in total. The number of hydrogen-bond donors (Lipinski definition) is 2. The van der Waals surface area contributed by atoms with Crippen LogP contribution in [0.25, 0.3) is 33.0 Å². The summed E-state index contributed by atoms with van der Waals surface area (Å²) in [6, 6.07) is 25.1. The van der Waals surface area contributed by atoms with Crippen LogP contribution in [0.15, 0.2) is 84.9 Å². The summed E-state index contributed by atoms with van der Waals surface area (Å²) in [6.45, 7) is 0. The third-order valence-corrected chi connectivity index (χ3v) is 4.82. The first-order valence-corrected chi connectivity index (χ1v) is 8.75. The van der Waals surface area contributed by atoms with Crippen molar-refractivity contribution < 1.29 is 95.3 Å². The van der Waals surface area contributed by atoms with Crippen molar-refractivity contribution in [1.82, 2.24) is 0 Å². The molecule has 6 heteroatoms. The largest absolute Gasteiger partial charge is 0.478 e. The summed E-state index contributed by atoms with van der Waals surface area (Å²) in [6.07, 6.45) is 0. The van der Waals surface area contributed by atoms with Gasteiger partial charge in [0.1, 0.15) is 0 Å². The van der Waals surface area contributed by atoms with Crippen molar-refractivity contribution >= 4 is 22.7 Å². The molecular formula is C24H16Ar2O4. The molecule has 0 amide bonds. The molecule has 0 radical (unpaired) electrons. The van der Waals surface area contributed by atoms with Crippen molar-refractivity contribution in [2.45, 2.75) is 0 Å². The molecule has 0 bridgehead atoms. The number of benzene rings is 4. The van der Waals surface area contributed by atoms with E-state index in [2.05, 4.69) is 0 Å². The van der Waals surface area contributed by atoms with E-state index >= 15 is 0 Å². The molecule has 0 spiro atoms. The maximum Gasteiger partial charge on any atom is 0.336 e. The molecule has 0 aliphatic carbocycles. The minimum absolute atomic E-state index is 0. The standard InChI is InChI=1S/C24H16O4.2Ar/c25-23(26)21-9-3-1-7-19(21)17-13-5-12-16-15(17)11-6-14-18(16)20-8-2-4-10-22(20)24(27)28;;/h1-14H,(H,25,26)(H,27,28);;. The Morgan fingerprint density at radius 2 is 0.800 bits per heavy atom. The average Bonchev–Trinajstić information content (AvgIpc) is 2.72. The summed E-state index contributed by atoms with van der Waals surface area (Å²) in [4.78, 5) is 23.3. The van der Waals surface area contributed by atoms with Gasteiger partial charge in [-0.05, 0) is 45.2 Å². The zero-order valence-electron chi connectivity index (χ0n) is 15.5. The molecule has 4 rings (SSSR count). The van der Waals surface area contributed by atoms with Crippen LogP contribution in [-0.4, -0.2) is 22.2 Å².